The number of nitrogens with zero attached hydrogens (tertiary/aromatic N) is 2. The van der Waals surface area contributed by atoms with E-state index in [0.717, 1.165) is 30.0 Å². The zero-order valence-corrected chi connectivity index (χ0v) is 20.3. The maximum absolute atomic E-state index is 13.2. The summed E-state index contributed by atoms with van der Waals surface area (Å²) in [4.78, 5) is 27.2. The van der Waals surface area contributed by atoms with Crippen LogP contribution in [0.2, 0.25) is 0 Å². The Kier molecular flexibility index (Phi) is 7.00. The lowest BCUT2D eigenvalue weighted by atomic mass is 10.1. The van der Waals surface area contributed by atoms with Gasteiger partial charge in [-0.05, 0) is 48.9 Å². The van der Waals surface area contributed by atoms with Crippen LogP contribution in [0.4, 0.5) is 5.69 Å². The molecule has 3 aromatic rings. The highest BCUT2D eigenvalue weighted by molar-refractivity contribution is 7.89. The first-order chi connectivity index (χ1) is 16.3. The van der Waals surface area contributed by atoms with Crippen molar-refractivity contribution in [2.75, 3.05) is 32.0 Å². The lowest BCUT2D eigenvalue weighted by Gasteiger charge is -2.27. The summed E-state index contributed by atoms with van der Waals surface area (Å²) in [5, 5.41) is 4.80. The first-order valence-electron chi connectivity index (χ1n) is 11.4. The van der Waals surface area contributed by atoms with Crippen LogP contribution in [0.5, 0.6) is 0 Å². The van der Waals surface area contributed by atoms with Crippen molar-refractivity contribution in [3.8, 4) is 0 Å². The van der Waals surface area contributed by atoms with E-state index in [4.69, 9.17) is 0 Å². The van der Waals surface area contributed by atoms with Crippen LogP contribution < -0.4 is 5.32 Å². The van der Waals surface area contributed by atoms with Crippen LogP contribution in [0.15, 0.2) is 65.6 Å². The maximum Gasteiger partial charge on any atom is 0.254 e. The SMILES string of the molecule is Cc1ccc(C(=O)N(C)CC(=O)Nc2cccc3ccccc23)cc1S(=O)(=O)N1CCCCC1. The maximum atomic E-state index is 13.2. The highest BCUT2D eigenvalue weighted by atomic mass is 32.2. The minimum atomic E-state index is -3.68. The Morgan fingerprint density at radius 1 is 0.971 bits per heavy atom. The molecule has 0 saturated carbocycles. The molecular formula is C26H29N3O4S. The molecule has 3 aromatic carbocycles. The van der Waals surface area contributed by atoms with Gasteiger partial charge in [-0.3, -0.25) is 9.59 Å². The number of likely N-dealkylation sites (N-methyl/N-ethyl adjacent to an activating group) is 1. The molecule has 7 nitrogen and oxygen atoms in total. The summed E-state index contributed by atoms with van der Waals surface area (Å²) < 4.78 is 27.8. The van der Waals surface area contributed by atoms with E-state index < -0.39 is 15.9 Å². The lowest BCUT2D eigenvalue weighted by molar-refractivity contribution is -0.116. The van der Waals surface area contributed by atoms with Crippen molar-refractivity contribution in [2.45, 2.75) is 31.1 Å². The van der Waals surface area contributed by atoms with Crippen LogP contribution in [-0.2, 0) is 14.8 Å². The fourth-order valence-corrected chi connectivity index (χ4v) is 6.06. The molecule has 1 N–H and O–H groups in total. The Morgan fingerprint density at radius 2 is 1.68 bits per heavy atom. The van der Waals surface area contributed by atoms with E-state index in [9.17, 15) is 18.0 Å². The molecule has 0 radical (unpaired) electrons. The van der Waals surface area contributed by atoms with Crippen LogP contribution >= 0.6 is 0 Å². The molecule has 0 bridgehead atoms. The second-order valence-corrected chi connectivity index (χ2v) is 10.6. The number of nitrogens with one attached hydrogen (secondary N) is 1. The van der Waals surface area contributed by atoms with Crippen LogP contribution in [0.1, 0.15) is 35.2 Å². The third-order valence-electron chi connectivity index (χ3n) is 6.16. The van der Waals surface area contributed by atoms with Gasteiger partial charge in [0.2, 0.25) is 15.9 Å². The number of aryl methyl sites for hydroxylation is 1. The van der Waals surface area contributed by atoms with Gasteiger partial charge in [0.15, 0.2) is 0 Å². The van der Waals surface area contributed by atoms with Crippen LogP contribution in [0.25, 0.3) is 10.8 Å². The Bertz CT molecular complexity index is 1330. The fourth-order valence-electron chi connectivity index (χ4n) is 4.29. The average Bonchev–Trinajstić information content (AvgIpc) is 2.84. The minimum absolute atomic E-state index is 0.147. The van der Waals surface area contributed by atoms with Crippen LogP contribution in [-0.4, -0.2) is 56.1 Å². The van der Waals surface area contributed by atoms with Crippen molar-refractivity contribution in [1.29, 1.82) is 0 Å². The Labute approximate surface area is 200 Å². The Morgan fingerprint density at radius 3 is 2.44 bits per heavy atom. The van der Waals surface area contributed by atoms with Gasteiger partial charge in [-0.15, -0.1) is 0 Å². The number of benzene rings is 3. The molecule has 1 saturated heterocycles. The largest absolute Gasteiger partial charge is 0.332 e. The molecule has 0 aliphatic carbocycles. The smallest absolute Gasteiger partial charge is 0.254 e. The van der Waals surface area contributed by atoms with Crippen molar-refractivity contribution in [3.05, 3.63) is 71.8 Å². The van der Waals surface area contributed by atoms with Gasteiger partial charge in [0, 0.05) is 36.8 Å². The molecule has 178 valence electrons. The molecule has 0 unspecified atom stereocenters. The summed E-state index contributed by atoms with van der Waals surface area (Å²) in [6.45, 7) is 2.55. The van der Waals surface area contributed by atoms with E-state index >= 15 is 0 Å². The summed E-state index contributed by atoms with van der Waals surface area (Å²) in [5.74, 6) is -0.747. The number of carbonyl (C=O) groups is 2. The number of sulfonamides is 1. The second-order valence-electron chi connectivity index (χ2n) is 8.68. The van der Waals surface area contributed by atoms with Gasteiger partial charge in [-0.25, -0.2) is 8.42 Å². The van der Waals surface area contributed by atoms with Crippen molar-refractivity contribution < 1.29 is 18.0 Å². The second kappa shape index (κ2) is 9.95. The van der Waals surface area contributed by atoms with Gasteiger partial charge >= 0.3 is 0 Å². The van der Waals surface area contributed by atoms with Crippen molar-refractivity contribution in [3.63, 3.8) is 0 Å². The summed E-state index contributed by atoms with van der Waals surface area (Å²) in [7, 11) is -2.14. The van der Waals surface area contributed by atoms with E-state index in [1.807, 2.05) is 42.5 Å². The van der Waals surface area contributed by atoms with E-state index in [0.29, 0.717) is 24.3 Å². The number of fused-ring (bicyclic) bond motifs is 1. The van der Waals surface area contributed by atoms with Crippen molar-refractivity contribution in [1.82, 2.24) is 9.21 Å². The summed E-state index contributed by atoms with van der Waals surface area (Å²) in [6.07, 6.45) is 2.70. The predicted octanol–water partition coefficient (Wildman–Crippen LogP) is 4.03. The monoisotopic (exact) mass is 479 g/mol. The fraction of sp³-hybridized carbons (Fsp3) is 0.308. The number of hydrogen-bond donors (Lipinski definition) is 1. The number of rotatable bonds is 6. The van der Waals surface area contributed by atoms with Gasteiger partial charge in [-0.1, -0.05) is 48.9 Å². The molecule has 0 atom stereocenters. The lowest BCUT2D eigenvalue weighted by Crippen LogP contribution is -2.37. The quantitative estimate of drug-likeness (QED) is 0.578. The van der Waals surface area contributed by atoms with Crippen LogP contribution in [0.3, 0.4) is 0 Å². The molecular weight excluding hydrogens is 450 g/mol. The third kappa shape index (κ3) is 4.98. The third-order valence-corrected chi connectivity index (χ3v) is 8.20. The van der Waals surface area contributed by atoms with Gasteiger partial charge in [0.25, 0.3) is 5.91 Å². The minimum Gasteiger partial charge on any atom is -0.332 e. The summed E-state index contributed by atoms with van der Waals surface area (Å²) in [6, 6.07) is 18.1. The van der Waals surface area contributed by atoms with Gasteiger partial charge in [0.05, 0.1) is 11.4 Å². The molecule has 1 heterocycles. The molecule has 34 heavy (non-hydrogen) atoms. The Balaban J connectivity index is 1.49. The molecule has 1 aliphatic rings. The van der Waals surface area contributed by atoms with Gasteiger partial charge in [0.1, 0.15) is 0 Å². The normalized spacial score (nSPS) is 14.6. The zero-order chi connectivity index (χ0) is 24.3. The Hall–Kier alpha value is -3.23. The van der Waals surface area contributed by atoms with E-state index in [1.54, 1.807) is 19.1 Å². The number of amides is 2. The van der Waals surface area contributed by atoms with Gasteiger partial charge in [-0.2, -0.15) is 4.31 Å². The zero-order valence-electron chi connectivity index (χ0n) is 19.5. The first kappa shape index (κ1) is 23.9. The van der Waals surface area contributed by atoms with Crippen LogP contribution in [0, 0.1) is 6.92 Å². The van der Waals surface area contributed by atoms with E-state index in [2.05, 4.69) is 5.32 Å². The molecule has 0 spiro atoms. The number of carbonyl (C=O) groups excluding carboxylic acids is 2. The predicted molar refractivity (Wildman–Crippen MR) is 133 cm³/mol. The molecule has 0 aromatic heterocycles. The van der Waals surface area contributed by atoms with Crippen molar-refractivity contribution in [2.24, 2.45) is 0 Å². The number of anilines is 1. The molecule has 8 heteroatoms. The molecule has 4 rings (SSSR count). The first-order valence-corrected chi connectivity index (χ1v) is 12.9. The standard InChI is InChI=1S/C26H29N3O4S/c1-19-13-14-21(17-24(19)34(32,33)29-15-6-3-7-16-29)26(31)28(2)18-25(30)27-23-12-8-10-20-9-4-5-11-22(20)23/h4-5,8-14,17H,3,6-7,15-16,18H2,1-2H3,(H,27,30). The van der Waals surface area contributed by atoms with Gasteiger partial charge < -0.3 is 10.2 Å². The molecule has 1 aliphatic heterocycles. The van der Waals surface area contributed by atoms with Crippen molar-refractivity contribution >= 4 is 38.3 Å². The number of hydrogen-bond acceptors (Lipinski definition) is 4. The highest BCUT2D eigenvalue weighted by Gasteiger charge is 2.28. The van der Waals surface area contributed by atoms with E-state index in [-0.39, 0.29) is 22.9 Å². The topological polar surface area (TPSA) is 86.8 Å². The molecule has 2 amide bonds. The summed E-state index contributed by atoms with van der Waals surface area (Å²) in [5.41, 5.74) is 1.51. The van der Waals surface area contributed by atoms with E-state index in [1.165, 1.54) is 22.3 Å². The molecule has 1 fully saturated rings. The highest BCUT2D eigenvalue weighted by Crippen LogP contribution is 2.25. The average molecular weight is 480 g/mol. The number of piperidine rings is 1. The summed E-state index contributed by atoms with van der Waals surface area (Å²) >= 11 is 0.